The minimum atomic E-state index is 0.499. The summed E-state index contributed by atoms with van der Waals surface area (Å²) in [6.45, 7) is 9.03. The first-order valence-corrected chi connectivity index (χ1v) is 7.36. The first-order valence-electron chi connectivity index (χ1n) is 7.36. The van der Waals surface area contributed by atoms with Crippen molar-refractivity contribution >= 4 is 0 Å². The van der Waals surface area contributed by atoms with Crippen LogP contribution in [0.5, 0.6) is 0 Å². The second-order valence-corrected chi connectivity index (χ2v) is 6.36. The zero-order valence-electron chi connectivity index (χ0n) is 13.1. The standard InChI is InChI=1S/C15H32N2O/c1-11-7-12(2)14(15(8-11)16-4)9-17(5)13(3)10-18-6/h11-16H,7-10H2,1-6H3. The van der Waals surface area contributed by atoms with Gasteiger partial charge >= 0.3 is 0 Å². The van der Waals surface area contributed by atoms with Crippen molar-refractivity contribution in [1.29, 1.82) is 0 Å². The molecule has 5 unspecified atom stereocenters. The van der Waals surface area contributed by atoms with Crippen molar-refractivity contribution in [3.8, 4) is 0 Å². The number of nitrogens with one attached hydrogen (secondary N) is 1. The fourth-order valence-electron chi connectivity index (χ4n) is 3.43. The molecule has 1 saturated carbocycles. The highest BCUT2D eigenvalue weighted by Gasteiger charge is 2.34. The molecule has 0 aromatic carbocycles. The smallest absolute Gasteiger partial charge is 0.0615 e. The first kappa shape index (κ1) is 15.9. The number of hydrogen-bond acceptors (Lipinski definition) is 3. The Morgan fingerprint density at radius 1 is 1.33 bits per heavy atom. The third-order valence-corrected chi connectivity index (χ3v) is 4.71. The van der Waals surface area contributed by atoms with Crippen LogP contribution in [0, 0.1) is 17.8 Å². The molecule has 1 aliphatic rings. The molecule has 0 spiro atoms. The van der Waals surface area contributed by atoms with Gasteiger partial charge in [0.05, 0.1) is 6.61 Å². The van der Waals surface area contributed by atoms with Crippen LogP contribution in [0.25, 0.3) is 0 Å². The van der Waals surface area contributed by atoms with E-state index >= 15 is 0 Å². The van der Waals surface area contributed by atoms with E-state index in [0.717, 1.165) is 24.4 Å². The molecular weight excluding hydrogens is 224 g/mol. The molecule has 1 fully saturated rings. The van der Waals surface area contributed by atoms with Gasteiger partial charge in [-0.25, -0.2) is 0 Å². The maximum absolute atomic E-state index is 5.25. The van der Waals surface area contributed by atoms with Crippen molar-refractivity contribution in [2.24, 2.45) is 17.8 Å². The monoisotopic (exact) mass is 256 g/mol. The Morgan fingerprint density at radius 2 is 2.00 bits per heavy atom. The lowest BCUT2D eigenvalue weighted by atomic mass is 9.72. The highest BCUT2D eigenvalue weighted by Crippen LogP contribution is 2.34. The fourth-order valence-corrected chi connectivity index (χ4v) is 3.43. The Balaban J connectivity index is 2.56. The molecule has 1 N–H and O–H groups in total. The summed E-state index contributed by atoms with van der Waals surface area (Å²) in [6, 6.07) is 1.17. The van der Waals surface area contributed by atoms with Crippen LogP contribution < -0.4 is 5.32 Å². The van der Waals surface area contributed by atoms with E-state index in [1.807, 2.05) is 0 Å². The van der Waals surface area contributed by atoms with E-state index in [4.69, 9.17) is 4.74 Å². The summed E-state index contributed by atoms with van der Waals surface area (Å²) in [5, 5.41) is 3.53. The predicted molar refractivity (Wildman–Crippen MR) is 77.9 cm³/mol. The predicted octanol–water partition coefficient (Wildman–Crippen LogP) is 2.22. The average Bonchev–Trinajstić information content (AvgIpc) is 2.32. The molecule has 0 aliphatic heterocycles. The first-order chi connectivity index (χ1) is 8.49. The van der Waals surface area contributed by atoms with Crippen LogP contribution >= 0.6 is 0 Å². The normalized spacial score (nSPS) is 34.8. The van der Waals surface area contributed by atoms with Gasteiger partial charge in [0, 0.05) is 25.7 Å². The Kier molecular flexibility index (Phi) is 6.61. The SMILES string of the molecule is CNC1CC(C)CC(C)C1CN(C)C(C)COC. The summed E-state index contributed by atoms with van der Waals surface area (Å²) in [6.07, 6.45) is 2.69. The van der Waals surface area contributed by atoms with E-state index in [0.29, 0.717) is 12.1 Å². The summed E-state index contributed by atoms with van der Waals surface area (Å²) in [5.74, 6) is 2.43. The molecule has 0 heterocycles. The second kappa shape index (κ2) is 7.46. The number of ether oxygens (including phenoxy) is 1. The van der Waals surface area contributed by atoms with Crippen molar-refractivity contribution in [3.05, 3.63) is 0 Å². The van der Waals surface area contributed by atoms with Gasteiger partial charge in [-0.15, -0.1) is 0 Å². The van der Waals surface area contributed by atoms with Crippen molar-refractivity contribution < 1.29 is 4.74 Å². The maximum atomic E-state index is 5.25. The zero-order valence-corrected chi connectivity index (χ0v) is 13.1. The van der Waals surface area contributed by atoms with Crippen LogP contribution in [0.15, 0.2) is 0 Å². The van der Waals surface area contributed by atoms with Gasteiger partial charge in [-0.1, -0.05) is 13.8 Å². The highest BCUT2D eigenvalue weighted by molar-refractivity contribution is 4.88. The van der Waals surface area contributed by atoms with Crippen molar-refractivity contribution in [2.45, 2.75) is 45.7 Å². The quantitative estimate of drug-likeness (QED) is 0.789. The van der Waals surface area contributed by atoms with Crippen LogP contribution in [-0.4, -0.2) is 51.3 Å². The zero-order chi connectivity index (χ0) is 13.7. The van der Waals surface area contributed by atoms with E-state index in [9.17, 15) is 0 Å². The molecule has 3 nitrogen and oxygen atoms in total. The van der Waals surface area contributed by atoms with E-state index in [1.54, 1.807) is 7.11 Å². The highest BCUT2D eigenvalue weighted by atomic mass is 16.5. The second-order valence-electron chi connectivity index (χ2n) is 6.36. The van der Waals surface area contributed by atoms with Crippen molar-refractivity contribution in [3.63, 3.8) is 0 Å². The lowest BCUT2D eigenvalue weighted by molar-refractivity contribution is 0.0688. The van der Waals surface area contributed by atoms with E-state index in [1.165, 1.54) is 19.4 Å². The molecular formula is C15H32N2O. The van der Waals surface area contributed by atoms with Crippen LogP contribution in [0.1, 0.15) is 33.6 Å². The summed E-state index contributed by atoms with van der Waals surface area (Å²) in [4.78, 5) is 2.45. The van der Waals surface area contributed by atoms with Gasteiger partial charge in [0.25, 0.3) is 0 Å². The minimum absolute atomic E-state index is 0.499. The molecule has 0 aromatic heterocycles. The molecule has 1 rings (SSSR count). The number of likely N-dealkylation sites (N-methyl/N-ethyl adjacent to an activating group) is 1. The van der Waals surface area contributed by atoms with Gasteiger partial charge in [0.2, 0.25) is 0 Å². The van der Waals surface area contributed by atoms with Crippen molar-refractivity contribution in [2.75, 3.05) is 34.4 Å². The lowest BCUT2D eigenvalue weighted by Gasteiger charge is -2.42. The van der Waals surface area contributed by atoms with Crippen LogP contribution in [0.4, 0.5) is 0 Å². The average molecular weight is 256 g/mol. The number of rotatable bonds is 6. The van der Waals surface area contributed by atoms with Gasteiger partial charge in [-0.3, -0.25) is 0 Å². The topological polar surface area (TPSA) is 24.5 Å². The molecule has 0 amide bonds. The Morgan fingerprint density at radius 3 is 2.56 bits per heavy atom. The molecule has 108 valence electrons. The summed E-state index contributed by atoms with van der Waals surface area (Å²) in [5.41, 5.74) is 0. The minimum Gasteiger partial charge on any atom is -0.383 e. The molecule has 3 heteroatoms. The van der Waals surface area contributed by atoms with Gasteiger partial charge in [0.1, 0.15) is 0 Å². The third-order valence-electron chi connectivity index (χ3n) is 4.71. The van der Waals surface area contributed by atoms with Gasteiger partial charge in [-0.2, -0.15) is 0 Å². The fraction of sp³-hybridized carbons (Fsp3) is 1.00. The molecule has 0 bridgehead atoms. The molecule has 0 aromatic rings. The van der Waals surface area contributed by atoms with Crippen LogP contribution in [0.2, 0.25) is 0 Å². The molecule has 0 radical (unpaired) electrons. The van der Waals surface area contributed by atoms with Crippen molar-refractivity contribution in [1.82, 2.24) is 10.2 Å². The molecule has 0 saturated heterocycles. The number of methoxy groups -OCH3 is 1. The Bertz CT molecular complexity index is 235. The molecule has 1 aliphatic carbocycles. The van der Waals surface area contributed by atoms with E-state index in [-0.39, 0.29) is 0 Å². The van der Waals surface area contributed by atoms with Crippen LogP contribution in [-0.2, 0) is 4.74 Å². The molecule has 5 atom stereocenters. The summed E-state index contributed by atoms with van der Waals surface area (Å²) < 4.78 is 5.25. The van der Waals surface area contributed by atoms with Crippen LogP contribution in [0.3, 0.4) is 0 Å². The summed E-state index contributed by atoms with van der Waals surface area (Å²) >= 11 is 0. The summed E-state index contributed by atoms with van der Waals surface area (Å²) in [7, 11) is 6.12. The van der Waals surface area contributed by atoms with E-state index < -0.39 is 0 Å². The Hall–Kier alpha value is -0.120. The van der Waals surface area contributed by atoms with Gasteiger partial charge < -0.3 is 15.0 Å². The Labute approximate surface area is 113 Å². The largest absolute Gasteiger partial charge is 0.383 e. The van der Waals surface area contributed by atoms with Gasteiger partial charge in [-0.05, 0) is 51.6 Å². The number of hydrogen-bond donors (Lipinski definition) is 1. The van der Waals surface area contributed by atoms with E-state index in [2.05, 4.69) is 45.1 Å². The lowest BCUT2D eigenvalue weighted by Crippen LogP contribution is -2.49. The number of nitrogens with zero attached hydrogens (tertiary/aromatic N) is 1. The maximum Gasteiger partial charge on any atom is 0.0615 e. The molecule has 18 heavy (non-hydrogen) atoms. The van der Waals surface area contributed by atoms with Gasteiger partial charge in [0.15, 0.2) is 0 Å². The third kappa shape index (κ3) is 4.22.